The predicted molar refractivity (Wildman–Crippen MR) is 69.9 cm³/mol. The summed E-state index contributed by atoms with van der Waals surface area (Å²) in [7, 11) is 0. The highest BCUT2D eigenvalue weighted by atomic mass is 79.9. The summed E-state index contributed by atoms with van der Waals surface area (Å²) >= 11 is 15.0. The normalized spacial score (nSPS) is 10.6. The monoisotopic (exact) mass is 334 g/mol. The Kier molecular flexibility index (Phi) is 3.66. The Morgan fingerprint density at radius 1 is 1.18 bits per heavy atom. The lowest BCUT2D eigenvalue weighted by molar-refractivity contribution is 0.628. The van der Waals surface area contributed by atoms with Crippen molar-refractivity contribution in [3.05, 3.63) is 44.4 Å². The van der Waals surface area contributed by atoms with E-state index in [0.717, 1.165) is 0 Å². The van der Waals surface area contributed by atoms with Crippen LogP contribution in [0.15, 0.2) is 22.7 Å². The average molecular weight is 336 g/mol. The van der Waals surface area contributed by atoms with Crippen molar-refractivity contribution < 1.29 is 4.39 Å². The molecule has 0 spiro atoms. The van der Waals surface area contributed by atoms with Crippen LogP contribution in [0.5, 0.6) is 0 Å². The molecule has 2 nitrogen and oxygen atoms in total. The van der Waals surface area contributed by atoms with E-state index in [4.69, 9.17) is 23.2 Å². The van der Waals surface area contributed by atoms with Crippen molar-refractivity contribution in [1.82, 2.24) is 9.97 Å². The van der Waals surface area contributed by atoms with Gasteiger partial charge < -0.3 is 0 Å². The number of hydrogen-bond acceptors (Lipinski definition) is 2. The zero-order valence-corrected chi connectivity index (χ0v) is 11.7. The molecule has 6 heteroatoms. The number of halogens is 4. The van der Waals surface area contributed by atoms with Gasteiger partial charge >= 0.3 is 0 Å². The molecule has 0 aliphatic heterocycles. The first-order valence-corrected chi connectivity index (χ1v) is 6.18. The van der Waals surface area contributed by atoms with Gasteiger partial charge in [0.15, 0.2) is 5.82 Å². The lowest BCUT2D eigenvalue weighted by atomic mass is 10.2. The molecular weight excluding hydrogens is 330 g/mol. The highest BCUT2D eigenvalue weighted by Gasteiger charge is 2.10. The van der Waals surface area contributed by atoms with Crippen LogP contribution in [0.4, 0.5) is 4.39 Å². The zero-order chi connectivity index (χ0) is 12.6. The van der Waals surface area contributed by atoms with E-state index in [2.05, 4.69) is 25.9 Å². The Morgan fingerprint density at radius 3 is 2.47 bits per heavy atom. The van der Waals surface area contributed by atoms with Gasteiger partial charge in [-0.25, -0.2) is 14.4 Å². The molecule has 0 N–H and O–H groups in total. The molecule has 0 saturated heterocycles. The van der Waals surface area contributed by atoms with E-state index in [1.54, 1.807) is 13.0 Å². The van der Waals surface area contributed by atoms with Crippen molar-refractivity contribution in [1.29, 1.82) is 0 Å². The van der Waals surface area contributed by atoms with Crippen molar-refractivity contribution in [3.63, 3.8) is 0 Å². The van der Waals surface area contributed by atoms with Crippen molar-refractivity contribution in [3.8, 4) is 11.4 Å². The first-order chi connectivity index (χ1) is 7.97. The molecule has 0 bridgehead atoms. The van der Waals surface area contributed by atoms with Crippen LogP contribution in [0.25, 0.3) is 11.4 Å². The van der Waals surface area contributed by atoms with E-state index >= 15 is 0 Å². The number of nitrogens with zero attached hydrogens (tertiary/aromatic N) is 2. The molecule has 0 fully saturated rings. The predicted octanol–water partition coefficient (Wildman–Crippen LogP) is 4.66. The average Bonchev–Trinajstić information content (AvgIpc) is 2.23. The molecule has 0 radical (unpaired) electrons. The molecule has 0 saturated carbocycles. The van der Waals surface area contributed by atoms with Crippen molar-refractivity contribution >= 4 is 39.1 Å². The molecular formula is C11H6BrCl2FN2. The quantitative estimate of drug-likeness (QED) is 0.708. The first-order valence-electron chi connectivity index (χ1n) is 4.63. The largest absolute Gasteiger partial charge is 0.232 e. The summed E-state index contributed by atoms with van der Waals surface area (Å²) in [6.07, 6.45) is 0. The first kappa shape index (κ1) is 12.7. The maximum atomic E-state index is 13.2. The molecule has 1 aromatic carbocycles. The van der Waals surface area contributed by atoms with Crippen LogP contribution in [0.1, 0.15) is 5.69 Å². The number of aryl methyl sites for hydroxylation is 1. The Bertz CT molecular complexity index is 546. The van der Waals surface area contributed by atoms with Crippen LogP contribution in [-0.2, 0) is 0 Å². The van der Waals surface area contributed by atoms with Gasteiger partial charge in [0.1, 0.15) is 11.0 Å². The number of rotatable bonds is 1. The van der Waals surface area contributed by atoms with Gasteiger partial charge in [-0.1, -0.05) is 23.2 Å². The maximum Gasteiger partial charge on any atom is 0.161 e. The summed E-state index contributed by atoms with van der Waals surface area (Å²) < 4.78 is 13.8. The second-order valence-electron chi connectivity index (χ2n) is 3.40. The zero-order valence-electron chi connectivity index (χ0n) is 8.64. The van der Waals surface area contributed by atoms with Gasteiger partial charge in [-0.05, 0) is 41.1 Å². The number of aromatic nitrogens is 2. The Hall–Kier alpha value is -0.710. The summed E-state index contributed by atoms with van der Waals surface area (Å²) in [5.41, 5.74) is 1.17. The maximum absolute atomic E-state index is 13.2. The SMILES string of the molecule is Cc1nc(-c2cc(F)cc(Cl)c2)nc(Cl)c1Br. The summed E-state index contributed by atoms with van der Waals surface area (Å²) in [5.74, 6) is -0.0927. The minimum atomic E-state index is -0.437. The molecule has 17 heavy (non-hydrogen) atoms. The van der Waals surface area contributed by atoms with E-state index in [1.165, 1.54) is 12.1 Å². The van der Waals surface area contributed by atoms with Crippen molar-refractivity contribution in [2.45, 2.75) is 6.92 Å². The van der Waals surface area contributed by atoms with Gasteiger partial charge in [0.05, 0.1) is 10.2 Å². The number of benzene rings is 1. The van der Waals surface area contributed by atoms with Crippen LogP contribution in [0, 0.1) is 12.7 Å². The van der Waals surface area contributed by atoms with Gasteiger partial charge in [-0.15, -0.1) is 0 Å². The topological polar surface area (TPSA) is 25.8 Å². The van der Waals surface area contributed by atoms with E-state index in [9.17, 15) is 4.39 Å². The highest BCUT2D eigenvalue weighted by Crippen LogP contribution is 2.28. The fraction of sp³-hybridized carbons (Fsp3) is 0.0909. The van der Waals surface area contributed by atoms with Gasteiger partial charge in [0, 0.05) is 10.6 Å². The smallest absolute Gasteiger partial charge is 0.161 e. The summed E-state index contributed by atoms with van der Waals surface area (Å²) in [6.45, 7) is 1.78. The lowest BCUT2D eigenvalue weighted by Crippen LogP contribution is -1.95. The Labute approximate surface area is 116 Å². The summed E-state index contributed by atoms with van der Waals surface area (Å²) in [4.78, 5) is 8.29. The third kappa shape index (κ3) is 2.76. The molecule has 0 amide bonds. The van der Waals surface area contributed by atoms with Gasteiger partial charge in [-0.2, -0.15) is 0 Å². The van der Waals surface area contributed by atoms with Crippen LogP contribution < -0.4 is 0 Å². The van der Waals surface area contributed by atoms with E-state index in [-0.39, 0.29) is 5.15 Å². The van der Waals surface area contributed by atoms with E-state index in [0.29, 0.717) is 26.6 Å². The minimum absolute atomic E-state index is 0.285. The fourth-order valence-corrected chi connectivity index (χ4v) is 1.95. The molecule has 2 rings (SSSR count). The van der Waals surface area contributed by atoms with Crippen LogP contribution in [0.2, 0.25) is 10.2 Å². The molecule has 1 heterocycles. The number of hydrogen-bond donors (Lipinski definition) is 0. The second kappa shape index (κ2) is 4.88. The third-order valence-electron chi connectivity index (χ3n) is 2.10. The Balaban J connectivity index is 2.60. The molecule has 0 atom stereocenters. The molecule has 0 unspecified atom stereocenters. The molecule has 2 aromatic rings. The van der Waals surface area contributed by atoms with Crippen LogP contribution in [-0.4, -0.2) is 9.97 Å². The van der Waals surface area contributed by atoms with Crippen molar-refractivity contribution in [2.75, 3.05) is 0 Å². The molecule has 88 valence electrons. The van der Waals surface area contributed by atoms with Gasteiger partial charge in [0.25, 0.3) is 0 Å². The second-order valence-corrected chi connectivity index (χ2v) is 4.98. The standard InChI is InChI=1S/C11H6BrCl2FN2/c1-5-9(12)10(14)17-11(16-5)6-2-7(13)4-8(15)3-6/h2-4H,1H3. The van der Waals surface area contributed by atoms with E-state index < -0.39 is 5.82 Å². The molecule has 1 aromatic heterocycles. The lowest BCUT2D eigenvalue weighted by Gasteiger charge is -2.05. The van der Waals surface area contributed by atoms with Gasteiger partial charge in [0.2, 0.25) is 0 Å². The van der Waals surface area contributed by atoms with Gasteiger partial charge in [-0.3, -0.25) is 0 Å². The molecule has 0 aliphatic rings. The highest BCUT2D eigenvalue weighted by molar-refractivity contribution is 9.10. The van der Waals surface area contributed by atoms with Crippen LogP contribution in [0.3, 0.4) is 0 Å². The summed E-state index contributed by atoms with van der Waals surface area (Å²) in [6, 6.07) is 4.12. The third-order valence-corrected chi connectivity index (χ3v) is 3.77. The Morgan fingerprint density at radius 2 is 1.88 bits per heavy atom. The minimum Gasteiger partial charge on any atom is -0.232 e. The fourth-order valence-electron chi connectivity index (χ4n) is 1.34. The summed E-state index contributed by atoms with van der Waals surface area (Å²) in [5, 5.41) is 0.577. The van der Waals surface area contributed by atoms with Crippen LogP contribution >= 0.6 is 39.1 Å². The van der Waals surface area contributed by atoms with Crippen molar-refractivity contribution in [2.24, 2.45) is 0 Å². The molecule has 0 aliphatic carbocycles. The van der Waals surface area contributed by atoms with E-state index in [1.807, 2.05) is 0 Å².